The van der Waals surface area contributed by atoms with Crippen LogP contribution in [0.2, 0.25) is 0 Å². The molecule has 0 bridgehead atoms. The Morgan fingerprint density at radius 3 is 2.00 bits per heavy atom. The van der Waals surface area contributed by atoms with Gasteiger partial charge in [-0.1, -0.05) is 83.8 Å². The molecule has 26 heavy (non-hydrogen) atoms. The Bertz CT molecular complexity index is 362. The van der Waals surface area contributed by atoms with Gasteiger partial charge < -0.3 is 0 Å². The molecule has 1 heterocycles. The molecule has 0 saturated heterocycles. The summed E-state index contributed by atoms with van der Waals surface area (Å²) in [6.07, 6.45) is 25.2. The first-order valence-corrected chi connectivity index (χ1v) is 11.6. The first-order valence-electron chi connectivity index (χ1n) is 11.6. The van der Waals surface area contributed by atoms with Gasteiger partial charge in [-0.3, -0.25) is 10.0 Å². The van der Waals surface area contributed by atoms with Gasteiger partial charge in [-0.25, -0.2) is 5.43 Å². The highest BCUT2D eigenvalue weighted by molar-refractivity contribution is 5.83. The Balaban J connectivity index is 1.80. The number of unbranched alkanes of at least 4 members (excludes halogenated alkanes) is 12. The van der Waals surface area contributed by atoms with E-state index < -0.39 is 0 Å². The van der Waals surface area contributed by atoms with Gasteiger partial charge in [0.2, 0.25) is 0 Å². The van der Waals surface area contributed by atoms with E-state index in [0.717, 1.165) is 26.1 Å². The van der Waals surface area contributed by atoms with Crippen molar-refractivity contribution in [2.45, 2.75) is 110 Å². The lowest BCUT2D eigenvalue weighted by Gasteiger charge is -2.20. The molecule has 0 atom stereocenters. The number of allylic oxidation sites excluding steroid dienone is 2. The fourth-order valence-corrected chi connectivity index (χ4v) is 3.60. The van der Waals surface area contributed by atoms with Crippen LogP contribution in [-0.2, 0) is 0 Å². The number of rotatable bonds is 18. The molecule has 0 unspecified atom stereocenters. The van der Waals surface area contributed by atoms with Gasteiger partial charge in [0.1, 0.15) is 5.84 Å². The van der Waals surface area contributed by atoms with Crippen molar-refractivity contribution < 1.29 is 0 Å². The second-order valence-corrected chi connectivity index (χ2v) is 7.65. The molecule has 0 aromatic rings. The van der Waals surface area contributed by atoms with Crippen LogP contribution in [0.3, 0.4) is 0 Å². The Labute approximate surface area is 163 Å². The maximum Gasteiger partial charge on any atom is 0.113 e. The van der Waals surface area contributed by atoms with Crippen LogP contribution in [0.4, 0.5) is 0 Å². The molecule has 0 aliphatic carbocycles. The summed E-state index contributed by atoms with van der Waals surface area (Å²) in [5.74, 6) is 1.28. The molecule has 0 aromatic heterocycles. The van der Waals surface area contributed by atoms with Crippen LogP contribution in [0.1, 0.15) is 110 Å². The molecular formula is C23H45N3. The minimum absolute atomic E-state index is 0.967. The van der Waals surface area contributed by atoms with Gasteiger partial charge in [0.25, 0.3) is 0 Å². The lowest BCUT2D eigenvalue weighted by molar-refractivity contribution is 0.337. The Kier molecular flexibility index (Phi) is 15.7. The second-order valence-electron chi connectivity index (χ2n) is 7.65. The van der Waals surface area contributed by atoms with Crippen molar-refractivity contribution >= 4 is 5.84 Å². The molecule has 0 amide bonds. The zero-order valence-electron chi connectivity index (χ0n) is 17.8. The van der Waals surface area contributed by atoms with Crippen molar-refractivity contribution in [2.24, 2.45) is 4.99 Å². The standard InChI is InChI=1S/C23H45N3/c1-3-5-6-7-8-9-10-11-12-13-14-15-16-17-18-19-20-23-24-21-22-26(23)25-4-2/h11-12,25H,3-10,13-22H2,1-2H3. The third kappa shape index (κ3) is 12.5. The van der Waals surface area contributed by atoms with Crippen molar-refractivity contribution in [3.8, 4) is 0 Å². The van der Waals surface area contributed by atoms with Gasteiger partial charge in [0, 0.05) is 13.0 Å². The Morgan fingerprint density at radius 2 is 1.38 bits per heavy atom. The third-order valence-corrected chi connectivity index (χ3v) is 5.19. The quantitative estimate of drug-likeness (QED) is 0.218. The van der Waals surface area contributed by atoms with Gasteiger partial charge in [-0.05, 0) is 32.1 Å². The van der Waals surface area contributed by atoms with Gasteiger partial charge >= 0.3 is 0 Å². The first-order chi connectivity index (χ1) is 12.9. The minimum Gasteiger partial charge on any atom is -0.294 e. The van der Waals surface area contributed by atoms with Gasteiger partial charge in [-0.2, -0.15) is 0 Å². The Morgan fingerprint density at radius 1 is 0.808 bits per heavy atom. The lowest BCUT2D eigenvalue weighted by Crippen LogP contribution is -2.40. The number of aliphatic imine (C=N–C) groups is 1. The van der Waals surface area contributed by atoms with E-state index in [4.69, 9.17) is 0 Å². The molecule has 0 saturated carbocycles. The van der Waals surface area contributed by atoms with Crippen molar-refractivity contribution in [2.75, 3.05) is 19.6 Å². The number of amidine groups is 1. The summed E-state index contributed by atoms with van der Waals surface area (Å²) >= 11 is 0. The lowest BCUT2D eigenvalue weighted by atomic mass is 10.1. The predicted molar refractivity (Wildman–Crippen MR) is 117 cm³/mol. The average Bonchev–Trinajstić information content (AvgIpc) is 3.09. The SMILES string of the molecule is CCCCCCCCC=CCCCCCCCCC1=NCCN1NCC. The van der Waals surface area contributed by atoms with Gasteiger partial charge in [0.05, 0.1) is 13.1 Å². The molecular weight excluding hydrogens is 318 g/mol. The van der Waals surface area contributed by atoms with Crippen LogP contribution in [0.25, 0.3) is 0 Å². The Hall–Kier alpha value is -0.830. The topological polar surface area (TPSA) is 27.6 Å². The summed E-state index contributed by atoms with van der Waals surface area (Å²) in [5, 5.41) is 2.25. The van der Waals surface area contributed by atoms with Gasteiger partial charge in [0.15, 0.2) is 0 Å². The molecule has 3 nitrogen and oxygen atoms in total. The summed E-state index contributed by atoms with van der Waals surface area (Å²) in [6.45, 7) is 7.45. The summed E-state index contributed by atoms with van der Waals surface area (Å²) in [4.78, 5) is 4.62. The van der Waals surface area contributed by atoms with Crippen LogP contribution in [0.15, 0.2) is 17.1 Å². The third-order valence-electron chi connectivity index (χ3n) is 5.19. The summed E-state index contributed by atoms with van der Waals surface area (Å²) in [5.41, 5.74) is 3.40. The fraction of sp³-hybridized carbons (Fsp3) is 0.870. The molecule has 0 radical (unpaired) electrons. The molecule has 0 spiro atoms. The van der Waals surface area contributed by atoms with Crippen LogP contribution in [-0.4, -0.2) is 30.5 Å². The summed E-state index contributed by atoms with van der Waals surface area (Å²) < 4.78 is 0. The highest BCUT2D eigenvalue weighted by Crippen LogP contribution is 2.12. The van der Waals surface area contributed by atoms with Crippen LogP contribution >= 0.6 is 0 Å². The molecule has 152 valence electrons. The molecule has 1 aliphatic rings. The number of hydrogen-bond acceptors (Lipinski definition) is 3. The fourth-order valence-electron chi connectivity index (χ4n) is 3.60. The van der Waals surface area contributed by atoms with Crippen molar-refractivity contribution in [1.82, 2.24) is 10.4 Å². The largest absolute Gasteiger partial charge is 0.294 e. The number of nitrogens with zero attached hydrogens (tertiary/aromatic N) is 2. The molecule has 1 N–H and O–H groups in total. The van der Waals surface area contributed by atoms with Crippen molar-refractivity contribution in [1.29, 1.82) is 0 Å². The van der Waals surface area contributed by atoms with E-state index in [9.17, 15) is 0 Å². The zero-order valence-corrected chi connectivity index (χ0v) is 17.8. The highest BCUT2D eigenvalue weighted by Gasteiger charge is 2.14. The van der Waals surface area contributed by atoms with Gasteiger partial charge in [-0.15, -0.1) is 0 Å². The molecule has 1 rings (SSSR count). The van der Waals surface area contributed by atoms with E-state index in [1.807, 2.05) is 0 Å². The van der Waals surface area contributed by atoms with E-state index >= 15 is 0 Å². The minimum atomic E-state index is 0.967. The van der Waals surface area contributed by atoms with Crippen molar-refractivity contribution in [3.63, 3.8) is 0 Å². The first kappa shape index (κ1) is 23.2. The van der Waals surface area contributed by atoms with E-state index in [-0.39, 0.29) is 0 Å². The van der Waals surface area contributed by atoms with Crippen LogP contribution in [0.5, 0.6) is 0 Å². The van der Waals surface area contributed by atoms with E-state index in [0.29, 0.717) is 0 Å². The molecule has 1 aliphatic heterocycles. The smallest absolute Gasteiger partial charge is 0.113 e. The molecule has 3 heteroatoms. The zero-order chi connectivity index (χ0) is 18.7. The maximum absolute atomic E-state index is 4.62. The van der Waals surface area contributed by atoms with E-state index in [2.05, 4.69) is 41.4 Å². The van der Waals surface area contributed by atoms with Crippen LogP contribution in [0, 0.1) is 0 Å². The van der Waals surface area contributed by atoms with E-state index in [1.165, 1.54) is 95.7 Å². The van der Waals surface area contributed by atoms with Crippen molar-refractivity contribution in [3.05, 3.63) is 12.2 Å². The predicted octanol–water partition coefficient (Wildman–Crippen LogP) is 6.65. The molecule has 0 fully saturated rings. The summed E-state index contributed by atoms with van der Waals surface area (Å²) in [7, 11) is 0. The van der Waals surface area contributed by atoms with Crippen LogP contribution < -0.4 is 5.43 Å². The molecule has 0 aromatic carbocycles. The summed E-state index contributed by atoms with van der Waals surface area (Å²) in [6, 6.07) is 0. The highest BCUT2D eigenvalue weighted by atomic mass is 15.5. The number of nitrogens with one attached hydrogen (secondary N) is 1. The number of hydrogen-bond donors (Lipinski definition) is 1. The monoisotopic (exact) mass is 363 g/mol. The maximum atomic E-state index is 4.62. The normalized spacial score (nSPS) is 14.5. The average molecular weight is 364 g/mol. The number of hydrazine groups is 1. The second kappa shape index (κ2) is 17.6. The van der Waals surface area contributed by atoms with E-state index in [1.54, 1.807) is 0 Å².